The highest BCUT2D eigenvalue weighted by Gasteiger charge is 2.34. The second-order valence-electron chi connectivity index (χ2n) is 6.83. The molecule has 1 unspecified atom stereocenters. The van der Waals surface area contributed by atoms with Crippen LogP contribution in [-0.2, 0) is 4.74 Å². The van der Waals surface area contributed by atoms with Crippen LogP contribution in [0.2, 0.25) is 0 Å². The molecule has 0 spiro atoms. The zero-order chi connectivity index (χ0) is 13.3. The molecule has 0 radical (unpaired) electrons. The fraction of sp³-hybridized carbons (Fsp3) is 0.929. The molecule has 1 heterocycles. The van der Waals surface area contributed by atoms with Gasteiger partial charge in [0.15, 0.2) is 0 Å². The molecule has 1 aliphatic carbocycles. The van der Waals surface area contributed by atoms with E-state index >= 15 is 0 Å². The van der Waals surface area contributed by atoms with Crippen LogP contribution >= 0.6 is 0 Å². The first-order chi connectivity index (χ1) is 8.33. The number of carbonyl (C=O) groups is 1. The van der Waals surface area contributed by atoms with Gasteiger partial charge < -0.3 is 15.0 Å². The van der Waals surface area contributed by atoms with Crippen LogP contribution in [-0.4, -0.2) is 41.8 Å². The molecule has 18 heavy (non-hydrogen) atoms. The summed E-state index contributed by atoms with van der Waals surface area (Å²) in [7, 11) is 0. The Morgan fingerprint density at radius 1 is 1.39 bits per heavy atom. The van der Waals surface area contributed by atoms with Crippen molar-refractivity contribution in [3.63, 3.8) is 0 Å². The highest BCUT2D eigenvalue weighted by Crippen LogP contribution is 2.33. The van der Waals surface area contributed by atoms with E-state index in [9.17, 15) is 4.79 Å². The van der Waals surface area contributed by atoms with E-state index < -0.39 is 5.60 Å². The second-order valence-corrected chi connectivity index (χ2v) is 6.83. The van der Waals surface area contributed by atoms with Crippen molar-refractivity contribution >= 4 is 6.09 Å². The summed E-state index contributed by atoms with van der Waals surface area (Å²) >= 11 is 0. The maximum Gasteiger partial charge on any atom is 0.410 e. The summed E-state index contributed by atoms with van der Waals surface area (Å²) in [6, 6.07) is 1.02. The van der Waals surface area contributed by atoms with Gasteiger partial charge in [-0.15, -0.1) is 0 Å². The molecule has 1 saturated heterocycles. The van der Waals surface area contributed by atoms with Gasteiger partial charge >= 0.3 is 6.09 Å². The largest absolute Gasteiger partial charge is 0.444 e. The predicted octanol–water partition coefficient (Wildman–Crippen LogP) is 2.38. The molecule has 1 atom stereocenters. The average Bonchev–Trinajstić information content (AvgIpc) is 2.90. The Hall–Kier alpha value is -0.770. The third-order valence-electron chi connectivity index (χ3n) is 3.44. The number of rotatable bonds is 4. The first-order valence-electron chi connectivity index (χ1n) is 7.07. The second kappa shape index (κ2) is 5.08. The van der Waals surface area contributed by atoms with Crippen LogP contribution in [0.15, 0.2) is 0 Å². The number of amides is 1. The molecule has 0 bridgehead atoms. The lowest BCUT2D eigenvalue weighted by Gasteiger charge is -2.41. The van der Waals surface area contributed by atoms with Gasteiger partial charge in [-0.05, 0) is 40.0 Å². The molecular formula is C14H26N2O2. The summed E-state index contributed by atoms with van der Waals surface area (Å²) in [5.74, 6) is 0.953. The number of carbonyl (C=O) groups excluding carboxylic acids is 1. The minimum atomic E-state index is -0.394. The summed E-state index contributed by atoms with van der Waals surface area (Å²) in [5, 5.41) is 3.59. The van der Waals surface area contributed by atoms with E-state index in [0.29, 0.717) is 12.1 Å². The minimum Gasteiger partial charge on any atom is -0.444 e. The zero-order valence-electron chi connectivity index (χ0n) is 12.0. The van der Waals surface area contributed by atoms with Gasteiger partial charge in [-0.25, -0.2) is 4.79 Å². The van der Waals surface area contributed by atoms with Crippen LogP contribution in [0, 0.1) is 5.92 Å². The van der Waals surface area contributed by atoms with Gasteiger partial charge in [-0.2, -0.15) is 0 Å². The van der Waals surface area contributed by atoms with Crippen molar-refractivity contribution in [1.29, 1.82) is 0 Å². The van der Waals surface area contributed by atoms with E-state index in [4.69, 9.17) is 4.74 Å². The summed E-state index contributed by atoms with van der Waals surface area (Å²) in [6.45, 7) is 9.51. The van der Waals surface area contributed by atoms with Crippen molar-refractivity contribution in [3.05, 3.63) is 0 Å². The van der Waals surface area contributed by atoms with Gasteiger partial charge in [0, 0.05) is 25.2 Å². The molecule has 0 aromatic heterocycles. The molecule has 1 N–H and O–H groups in total. The molecule has 4 nitrogen and oxygen atoms in total. The van der Waals surface area contributed by atoms with Crippen molar-refractivity contribution in [2.24, 2.45) is 5.92 Å². The number of hydrogen-bond donors (Lipinski definition) is 1. The SMILES string of the molecule is CC(CC1CC1)NC1CN(C(=O)OC(C)(C)C)C1. The maximum absolute atomic E-state index is 11.7. The van der Waals surface area contributed by atoms with Crippen molar-refractivity contribution in [2.45, 2.75) is 64.6 Å². The zero-order valence-corrected chi connectivity index (χ0v) is 12.0. The highest BCUT2D eigenvalue weighted by molar-refractivity contribution is 5.69. The summed E-state index contributed by atoms with van der Waals surface area (Å²) < 4.78 is 5.33. The van der Waals surface area contributed by atoms with Crippen LogP contribution in [0.3, 0.4) is 0 Å². The molecule has 2 rings (SSSR count). The molecule has 1 aliphatic heterocycles. The standard InChI is InChI=1S/C14H26N2O2/c1-10(7-11-5-6-11)15-12-8-16(9-12)13(17)18-14(2,3)4/h10-12,15H,5-9H2,1-4H3. The summed E-state index contributed by atoms with van der Waals surface area (Å²) in [4.78, 5) is 13.5. The van der Waals surface area contributed by atoms with Gasteiger partial charge in [0.1, 0.15) is 5.60 Å². The predicted molar refractivity (Wildman–Crippen MR) is 71.5 cm³/mol. The van der Waals surface area contributed by atoms with Gasteiger partial charge in [0.25, 0.3) is 0 Å². The molecule has 0 aromatic carbocycles. The number of hydrogen-bond acceptors (Lipinski definition) is 3. The fourth-order valence-electron chi connectivity index (χ4n) is 2.38. The first-order valence-corrected chi connectivity index (χ1v) is 7.07. The van der Waals surface area contributed by atoms with Gasteiger partial charge in [-0.1, -0.05) is 12.8 Å². The molecule has 104 valence electrons. The lowest BCUT2D eigenvalue weighted by molar-refractivity contribution is 0.00420. The van der Waals surface area contributed by atoms with E-state index in [1.807, 2.05) is 20.8 Å². The molecular weight excluding hydrogens is 228 g/mol. The Morgan fingerprint density at radius 3 is 2.50 bits per heavy atom. The Bertz CT molecular complexity index is 301. The smallest absolute Gasteiger partial charge is 0.410 e. The lowest BCUT2D eigenvalue weighted by Crippen LogP contribution is -2.62. The van der Waals surface area contributed by atoms with Crippen LogP contribution in [0.1, 0.15) is 47.0 Å². The quantitative estimate of drug-likeness (QED) is 0.837. The summed E-state index contributed by atoms with van der Waals surface area (Å²) in [6.07, 6.45) is 3.90. The molecule has 1 amide bonds. The number of nitrogens with zero attached hydrogens (tertiary/aromatic N) is 1. The van der Waals surface area contributed by atoms with Crippen molar-refractivity contribution in [3.8, 4) is 0 Å². The average molecular weight is 254 g/mol. The van der Waals surface area contributed by atoms with E-state index in [1.54, 1.807) is 4.90 Å². The third kappa shape index (κ3) is 4.16. The lowest BCUT2D eigenvalue weighted by atomic mass is 10.1. The number of nitrogens with one attached hydrogen (secondary N) is 1. The van der Waals surface area contributed by atoms with E-state index in [2.05, 4.69) is 12.2 Å². The Morgan fingerprint density at radius 2 is 2.00 bits per heavy atom. The number of ether oxygens (including phenoxy) is 1. The molecule has 4 heteroatoms. The molecule has 0 aromatic rings. The van der Waals surface area contributed by atoms with E-state index in [-0.39, 0.29) is 6.09 Å². The van der Waals surface area contributed by atoms with Crippen LogP contribution in [0.5, 0.6) is 0 Å². The molecule has 2 aliphatic rings. The fourth-order valence-corrected chi connectivity index (χ4v) is 2.38. The molecule has 2 fully saturated rings. The Balaban J connectivity index is 1.62. The summed E-state index contributed by atoms with van der Waals surface area (Å²) in [5.41, 5.74) is -0.394. The van der Waals surface area contributed by atoms with Gasteiger partial charge in [-0.3, -0.25) is 0 Å². The van der Waals surface area contributed by atoms with E-state index in [1.165, 1.54) is 19.3 Å². The van der Waals surface area contributed by atoms with Crippen molar-refractivity contribution < 1.29 is 9.53 Å². The highest BCUT2D eigenvalue weighted by atomic mass is 16.6. The van der Waals surface area contributed by atoms with Crippen molar-refractivity contribution in [2.75, 3.05) is 13.1 Å². The van der Waals surface area contributed by atoms with E-state index in [0.717, 1.165) is 19.0 Å². The minimum absolute atomic E-state index is 0.185. The molecule has 1 saturated carbocycles. The maximum atomic E-state index is 11.7. The Labute approximate surface area is 110 Å². The van der Waals surface area contributed by atoms with Crippen LogP contribution < -0.4 is 5.32 Å². The van der Waals surface area contributed by atoms with Crippen LogP contribution in [0.25, 0.3) is 0 Å². The number of likely N-dealkylation sites (tertiary alicyclic amines) is 1. The normalized spacial score (nSPS) is 22.6. The Kier molecular flexibility index (Phi) is 3.85. The topological polar surface area (TPSA) is 41.6 Å². The van der Waals surface area contributed by atoms with Gasteiger partial charge in [0.05, 0.1) is 0 Å². The van der Waals surface area contributed by atoms with Gasteiger partial charge in [0.2, 0.25) is 0 Å². The monoisotopic (exact) mass is 254 g/mol. The third-order valence-corrected chi connectivity index (χ3v) is 3.44. The van der Waals surface area contributed by atoms with Crippen molar-refractivity contribution in [1.82, 2.24) is 10.2 Å². The first kappa shape index (κ1) is 13.7. The van der Waals surface area contributed by atoms with Crippen LogP contribution in [0.4, 0.5) is 4.79 Å².